The van der Waals surface area contributed by atoms with Gasteiger partial charge < -0.3 is 9.15 Å². The van der Waals surface area contributed by atoms with E-state index in [1.807, 2.05) is 43.3 Å². The Morgan fingerprint density at radius 2 is 1.94 bits per heavy atom. The minimum atomic E-state index is -0.409. The Hall–Kier alpha value is -2.29. The fourth-order valence-corrected chi connectivity index (χ4v) is 1.55. The standard InChI is InChI=1S/C15H14O3/c1-2-17-14-10-13(18-15(16)11-14)9-8-12-6-4-3-5-7-12/h3-11H,2H2,1H3/b9-8+. The van der Waals surface area contributed by atoms with E-state index in [0.29, 0.717) is 18.1 Å². The summed E-state index contributed by atoms with van der Waals surface area (Å²) in [6, 6.07) is 12.8. The van der Waals surface area contributed by atoms with Crippen molar-refractivity contribution < 1.29 is 9.15 Å². The van der Waals surface area contributed by atoms with Crippen molar-refractivity contribution in [1.29, 1.82) is 0 Å². The molecule has 0 N–H and O–H groups in total. The lowest BCUT2D eigenvalue weighted by molar-refractivity contribution is 0.333. The maximum Gasteiger partial charge on any atom is 0.339 e. The minimum Gasteiger partial charge on any atom is -0.493 e. The molecule has 1 aromatic carbocycles. The quantitative estimate of drug-likeness (QED) is 0.826. The first-order valence-corrected chi connectivity index (χ1v) is 5.79. The van der Waals surface area contributed by atoms with Crippen LogP contribution in [0.4, 0.5) is 0 Å². The highest BCUT2D eigenvalue weighted by Crippen LogP contribution is 2.13. The van der Waals surface area contributed by atoms with Crippen molar-refractivity contribution in [1.82, 2.24) is 0 Å². The molecule has 2 rings (SSSR count). The van der Waals surface area contributed by atoms with Gasteiger partial charge in [-0.05, 0) is 18.6 Å². The molecule has 0 bridgehead atoms. The van der Waals surface area contributed by atoms with Crippen LogP contribution in [0.1, 0.15) is 18.2 Å². The highest BCUT2D eigenvalue weighted by Gasteiger charge is 1.99. The second-order valence-corrected chi connectivity index (χ2v) is 3.69. The molecule has 0 fully saturated rings. The maximum absolute atomic E-state index is 11.3. The molecule has 0 aliphatic rings. The molecule has 0 saturated carbocycles. The predicted octanol–water partition coefficient (Wildman–Crippen LogP) is 3.21. The Morgan fingerprint density at radius 3 is 2.67 bits per heavy atom. The summed E-state index contributed by atoms with van der Waals surface area (Å²) in [4.78, 5) is 11.3. The molecule has 0 amide bonds. The van der Waals surface area contributed by atoms with E-state index in [0.717, 1.165) is 5.56 Å². The van der Waals surface area contributed by atoms with Crippen molar-refractivity contribution in [3.8, 4) is 5.75 Å². The number of hydrogen-bond donors (Lipinski definition) is 0. The van der Waals surface area contributed by atoms with Crippen LogP contribution in [0.25, 0.3) is 12.2 Å². The lowest BCUT2D eigenvalue weighted by atomic mass is 10.2. The highest BCUT2D eigenvalue weighted by molar-refractivity contribution is 5.67. The van der Waals surface area contributed by atoms with Gasteiger partial charge in [0.05, 0.1) is 12.7 Å². The molecular formula is C15H14O3. The van der Waals surface area contributed by atoms with Crippen molar-refractivity contribution in [2.75, 3.05) is 6.61 Å². The van der Waals surface area contributed by atoms with Crippen LogP contribution in [-0.2, 0) is 0 Å². The molecule has 0 aliphatic heterocycles. The molecule has 1 aromatic heterocycles. The van der Waals surface area contributed by atoms with E-state index in [1.54, 1.807) is 12.1 Å². The SMILES string of the molecule is CCOc1cc(/C=C/c2ccccc2)oc(=O)c1. The maximum atomic E-state index is 11.3. The van der Waals surface area contributed by atoms with Gasteiger partial charge in [0.25, 0.3) is 0 Å². The third-order valence-corrected chi connectivity index (χ3v) is 2.31. The Labute approximate surface area is 105 Å². The summed E-state index contributed by atoms with van der Waals surface area (Å²) in [6.45, 7) is 2.39. The molecule has 0 saturated heterocycles. The van der Waals surface area contributed by atoms with Gasteiger partial charge in [0.2, 0.25) is 0 Å². The monoisotopic (exact) mass is 242 g/mol. The molecule has 0 radical (unpaired) electrons. The van der Waals surface area contributed by atoms with Crippen LogP contribution in [0.15, 0.2) is 51.7 Å². The predicted molar refractivity (Wildman–Crippen MR) is 71.5 cm³/mol. The van der Waals surface area contributed by atoms with Crippen molar-refractivity contribution in [3.05, 3.63) is 64.2 Å². The minimum absolute atomic E-state index is 0.409. The first-order chi connectivity index (χ1) is 8.78. The zero-order chi connectivity index (χ0) is 12.8. The molecule has 0 spiro atoms. The van der Waals surface area contributed by atoms with E-state index in [-0.39, 0.29) is 0 Å². The van der Waals surface area contributed by atoms with E-state index < -0.39 is 5.63 Å². The van der Waals surface area contributed by atoms with E-state index in [4.69, 9.17) is 9.15 Å². The summed E-state index contributed by atoms with van der Waals surface area (Å²) in [5, 5.41) is 0. The smallest absolute Gasteiger partial charge is 0.339 e. The zero-order valence-corrected chi connectivity index (χ0v) is 10.1. The summed E-state index contributed by atoms with van der Waals surface area (Å²) in [5.74, 6) is 1.01. The molecule has 92 valence electrons. The van der Waals surface area contributed by atoms with Crippen LogP contribution in [0.2, 0.25) is 0 Å². The lowest BCUT2D eigenvalue weighted by Gasteiger charge is -2.01. The third kappa shape index (κ3) is 3.35. The fraction of sp³-hybridized carbons (Fsp3) is 0.133. The van der Waals surface area contributed by atoms with E-state index in [2.05, 4.69) is 0 Å². The number of hydrogen-bond acceptors (Lipinski definition) is 3. The van der Waals surface area contributed by atoms with E-state index >= 15 is 0 Å². The van der Waals surface area contributed by atoms with E-state index in [9.17, 15) is 4.79 Å². The van der Waals surface area contributed by atoms with Gasteiger partial charge in [-0.2, -0.15) is 0 Å². The van der Waals surface area contributed by atoms with Gasteiger partial charge in [0.1, 0.15) is 11.5 Å². The fourth-order valence-electron chi connectivity index (χ4n) is 1.55. The van der Waals surface area contributed by atoms with Crippen LogP contribution in [0.5, 0.6) is 5.75 Å². The number of rotatable bonds is 4. The Morgan fingerprint density at radius 1 is 1.17 bits per heavy atom. The van der Waals surface area contributed by atoms with Gasteiger partial charge in [0, 0.05) is 6.07 Å². The zero-order valence-electron chi connectivity index (χ0n) is 10.1. The summed E-state index contributed by atoms with van der Waals surface area (Å²) in [5.41, 5.74) is 0.635. The molecule has 2 aromatic rings. The summed E-state index contributed by atoms with van der Waals surface area (Å²) in [7, 11) is 0. The van der Waals surface area contributed by atoms with Gasteiger partial charge in [-0.25, -0.2) is 4.79 Å². The van der Waals surface area contributed by atoms with E-state index in [1.165, 1.54) is 6.07 Å². The molecule has 3 nitrogen and oxygen atoms in total. The first kappa shape index (κ1) is 12.2. The molecule has 1 heterocycles. The summed E-state index contributed by atoms with van der Waals surface area (Å²) >= 11 is 0. The van der Waals surface area contributed by atoms with Crippen molar-refractivity contribution in [3.63, 3.8) is 0 Å². The van der Waals surface area contributed by atoms with Gasteiger partial charge in [-0.15, -0.1) is 0 Å². The topological polar surface area (TPSA) is 39.4 Å². The van der Waals surface area contributed by atoms with Crippen molar-refractivity contribution >= 4 is 12.2 Å². The Balaban J connectivity index is 2.24. The Kier molecular flexibility index (Phi) is 3.97. The highest BCUT2D eigenvalue weighted by atomic mass is 16.5. The molecule has 0 aliphatic carbocycles. The second kappa shape index (κ2) is 5.87. The molecule has 0 atom stereocenters. The van der Waals surface area contributed by atoms with Crippen LogP contribution in [0.3, 0.4) is 0 Å². The van der Waals surface area contributed by atoms with Crippen LogP contribution in [-0.4, -0.2) is 6.61 Å². The average molecular weight is 242 g/mol. The van der Waals surface area contributed by atoms with Gasteiger partial charge in [-0.3, -0.25) is 0 Å². The van der Waals surface area contributed by atoms with Gasteiger partial charge in [-0.1, -0.05) is 36.4 Å². The average Bonchev–Trinajstić information content (AvgIpc) is 2.37. The summed E-state index contributed by atoms with van der Waals surface area (Å²) in [6.07, 6.45) is 3.63. The lowest BCUT2D eigenvalue weighted by Crippen LogP contribution is -2.01. The summed E-state index contributed by atoms with van der Waals surface area (Å²) < 4.78 is 10.3. The number of ether oxygens (including phenoxy) is 1. The van der Waals surface area contributed by atoms with Gasteiger partial charge >= 0.3 is 5.63 Å². The molecule has 3 heteroatoms. The number of benzene rings is 1. The third-order valence-electron chi connectivity index (χ3n) is 2.31. The molecular weight excluding hydrogens is 228 g/mol. The van der Waals surface area contributed by atoms with Crippen LogP contribution < -0.4 is 10.4 Å². The molecule has 18 heavy (non-hydrogen) atoms. The van der Waals surface area contributed by atoms with Crippen LogP contribution >= 0.6 is 0 Å². The Bertz CT molecular complexity index is 582. The first-order valence-electron chi connectivity index (χ1n) is 5.79. The largest absolute Gasteiger partial charge is 0.493 e. The second-order valence-electron chi connectivity index (χ2n) is 3.69. The van der Waals surface area contributed by atoms with Crippen molar-refractivity contribution in [2.45, 2.75) is 6.92 Å². The van der Waals surface area contributed by atoms with Crippen molar-refractivity contribution in [2.24, 2.45) is 0 Å². The van der Waals surface area contributed by atoms with Crippen LogP contribution in [0, 0.1) is 0 Å². The van der Waals surface area contributed by atoms with Gasteiger partial charge in [0.15, 0.2) is 0 Å². The normalized spacial score (nSPS) is 10.7. The molecule has 0 unspecified atom stereocenters.